The van der Waals surface area contributed by atoms with Crippen LogP contribution in [0, 0.1) is 15.5 Å². The number of carbonyl (C=O) groups is 2. The predicted octanol–water partition coefficient (Wildman–Crippen LogP) is 2.65. The van der Waals surface area contributed by atoms with Gasteiger partial charge in [0.1, 0.15) is 11.2 Å². The molecule has 27 heavy (non-hydrogen) atoms. The van der Waals surface area contributed by atoms with E-state index in [9.17, 15) is 19.7 Å². The summed E-state index contributed by atoms with van der Waals surface area (Å²) in [6.45, 7) is -0.568. The van der Waals surface area contributed by atoms with Gasteiger partial charge in [-0.2, -0.15) is 0 Å². The van der Waals surface area contributed by atoms with Gasteiger partial charge in [-0.25, -0.2) is 0 Å². The standard InChI is InChI=1S/C20H19NO6/c1-26-15-9-7-13(8-10-15)17(12-21(24)25)20(19(23)27-2)11-14-5-3-4-6-16(14)18(20)22/h3-10,17H,11-12H2,1-2H3/t17-,20+/m0/s1. The highest BCUT2D eigenvalue weighted by Crippen LogP contribution is 2.48. The van der Waals surface area contributed by atoms with Crippen molar-refractivity contribution >= 4 is 11.8 Å². The zero-order valence-corrected chi connectivity index (χ0v) is 15.0. The lowest BCUT2D eigenvalue weighted by Crippen LogP contribution is -2.46. The molecule has 7 nitrogen and oxygen atoms in total. The van der Waals surface area contributed by atoms with E-state index in [2.05, 4.69) is 0 Å². The van der Waals surface area contributed by atoms with Crippen molar-refractivity contribution in [3.8, 4) is 5.75 Å². The number of carbonyl (C=O) groups excluding carboxylic acids is 2. The molecule has 0 radical (unpaired) electrons. The van der Waals surface area contributed by atoms with Gasteiger partial charge >= 0.3 is 5.97 Å². The van der Waals surface area contributed by atoms with Crippen LogP contribution in [0.25, 0.3) is 0 Å². The zero-order valence-electron chi connectivity index (χ0n) is 15.0. The number of nitrogens with zero attached hydrogens (tertiary/aromatic N) is 1. The van der Waals surface area contributed by atoms with Gasteiger partial charge in [0.2, 0.25) is 6.54 Å². The Balaban J connectivity index is 2.17. The number of ether oxygens (including phenoxy) is 2. The van der Waals surface area contributed by atoms with Crippen LogP contribution in [-0.4, -0.2) is 37.4 Å². The maximum absolute atomic E-state index is 13.3. The van der Waals surface area contributed by atoms with Gasteiger partial charge in [-0.15, -0.1) is 0 Å². The summed E-state index contributed by atoms with van der Waals surface area (Å²) in [4.78, 5) is 37.0. The fraction of sp³-hybridized carbons (Fsp3) is 0.300. The summed E-state index contributed by atoms with van der Waals surface area (Å²) < 4.78 is 10.1. The Bertz CT molecular complexity index is 892. The summed E-state index contributed by atoms with van der Waals surface area (Å²) in [5, 5.41) is 11.4. The van der Waals surface area contributed by atoms with Gasteiger partial charge in [0.25, 0.3) is 0 Å². The lowest BCUT2D eigenvalue weighted by atomic mass is 9.69. The van der Waals surface area contributed by atoms with E-state index in [0.717, 1.165) is 0 Å². The molecule has 2 atom stereocenters. The van der Waals surface area contributed by atoms with Crippen molar-refractivity contribution in [3.05, 3.63) is 75.3 Å². The van der Waals surface area contributed by atoms with E-state index in [1.807, 2.05) is 0 Å². The molecule has 3 rings (SSSR count). The lowest BCUT2D eigenvalue weighted by molar-refractivity contribution is -0.485. The first kappa shape index (κ1) is 18.6. The minimum absolute atomic E-state index is 0.0687. The van der Waals surface area contributed by atoms with Gasteiger partial charge in [-0.05, 0) is 29.7 Å². The molecule has 1 aliphatic rings. The molecule has 0 amide bonds. The summed E-state index contributed by atoms with van der Waals surface area (Å²) in [6, 6.07) is 13.5. The molecule has 0 fully saturated rings. The Morgan fingerprint density at radius 1 is 1.19 bits per heavy atom. The molecule has 0 aromatic heterocycles. The monoisotopic (exact) mass is 369 g/mol. The normalized spacial score (nSPS) is 19.3. The highest BCUT2D eigenvalue weighted by atomic mass is 16.6. The van der Waals surface area contributed by atoms with Gasteiger partial charge in [0.15, 0.2) is 5.78 Å². The van der Waals surface area contributed by atoms with Crippen LogP contribution in [0.3, 0.4) is 0 Å². The summed E-state index contributed by atoms with van der Waals surface area (Å²) in [5.41, 5.74) is -0.0568. The minimum atomic E-state index is -1.67. The molecule has 0 unspecified atom stereocenters. The third-order valence-electron chi connectivity index (χ3n) is 5.13. The number of ketones is 1. The minimum Gasteiger partial charge on any atom is -0.497 e. The highest BCUT2D eigenvalue weighted by Gasteiger charge is 2.59. The van der Waals surface area contributed by atoms with Crippen molar-refractivity contribution in [1.82, 2.24) is 0 Å². The van der Waals surface area contributed by atoms with Crippen LogP contribution < -0.4 is 4.74 Å². The van der Waals surface area contributed by atoms with Gasteiger partial charge in [0, 0.05) is 10.5 Å². The summed E-state index contributed by atoms with van der Waals surface area (Å²) in [5.74, 6) is -1.59. The van der Waals surface area contributed by atoms with Crippen LogP contribution in [0.4, 0.5) is 0 Å². The van der Waals surface area contributed by atoms with E-state index in [1.54, 1.807) is 48.5 Å². The molecule has 0 spiro atoms. The van der Waals surface area contributed by atoms with E-state index >= 15 is 0 Å². The van der Waals surface area contributed by atoms with E-state index in [-0.39, 0.29) is 6.42 Å². The van der Waals surface area contributed by atoms with Crippen LogP contribution in [0.1, 0.15) is 27.4 Å². The first-order chi connectivity index (χ1) is 12.9. The zero-order chi connectivity index (χ0) is 19.6. The molecule has 0 heterocycles. The highest BCUT2D eigenvalue weighted by molar-refractivity contribution is 6.16. The number of methoxy groups -OCH3 is 2. The fourth-order valence-electron chi connectivity index (χ4n) is 3.82. The number of hydrogen-bond donors (Lipinski definition) is 0. The molecule has 0 bridgehead atoms. The van der Waals surface area contributed by atoms with Crippen molar-refractivity contribution < 1.29 is 24.0 Å². The van der Waals surface area contributed by atoms with Crippen LogP contribution in [0.2, 0.25) is 0 Å². The Morgan fingerprint density at radius 3 is 2.41 bits per heavy atom. The maximum atomic E-state index is 13.3. The smallest absolute Gasteiger partial charge is 0.320 e. The van der Waals surface area contributed by atoms with Crippen molar-refractivity contribution in [1.29, 1.82) is 0 Å². The largest absolute Gasteiger partial charge is 0.497 e. The molecule has 0 saturated carbocycles. The third-order valence-corrected chi connectivity index (χ3v) is 5.13. The summed E-state index contributed by atoms with van der Waals surface area (Å²) in [6.07, 6.45) is 0.0687. The molecule has 0 N–H and O–H groups in total. The quantitative estimate of drug-likeness (QED) is 0.336. The number of rotatable bonds is 6. The number of hydrogen-bond acceptors (Lipinski definition) is 6. The number of nitro groups is 1. The average molecular weight is 369 g/mol. The topological polar surface area (TPSA) is 95.7 Å². The average Bonchev–Trinajstić information content (AvgIpc) is 2.99. The molecular weight excluding hydrogens is 350 g/mol. The molecule has 0 aliphatic heterocycles. The number of fused-ring (bicyclic) bond motifs is 1. The number of esters is 1. The first-order valence-electron chi connectivity index (χ1n) is 8.41. The van der Waals surface area contributed by atoms with Crippen LogP contribution in [0.5, 0.6) is 5.75 Å². The van der Waals surface area contributed by atoms with Gasteiger partial charge in [-0.3, -0.25) is 19.7 Å². The lowest BCUT2D eigenvalue weighted by Gasteiger charge is -2.31. The summed E-state index contributed by atoms with van der Waals surface area (Å²) in [7, 11) is 2.70. The van der Waals surface area contributed by atoms with Crippen LogP contribution >= 0.6 is 0 Å². The third kappa shape index (κ3) is 3.05. The van der Waals surface area contributed by atoms with Crippen LogP contribution in [0.15, 0.2) is 48.5 Å². The van der Waals surface area contributed by atoms with Crippen LogP contribution in [-0.2, 0) is 16.0 Å². The second-order valence-electron chi connectivity index (χ2n) is 6.47. The molecule has 7 heteroatoms. The fourth-order valence-corrected chi connectivity index (χ4v) is 3.82. The molecule has 140 valence electrons. The molecule has 2 aromatic rings. The van der Waals surface area contributed by atoms with Gasteiger partial charge in [0.05, 0.1) is 20.1 Å². The van der Waals surface area contributed by atoms with E-state index < -0.39 is 34.6 Å². The van der Waals surface area contributed by atoms with E-state index in [1.165, 1.54) is 14.2 Å². The Morgan fingerprint density at radius 2 is 1.85 bits per heavy atom. The molecule has 1 aliphatic carbocycles. The van der Waals surface area contributed by atoms with E-state index in [0.29, 0.717) is 22.4 Å². The first-order valence-corrected chi connectivity index (χ1v) is 8.41. The van der Waals surface area contributed by atoms with Crippen molar-refractivity contribution in [2.75, 3.05) is 20.8 Å². The Labute approximate surface area is 156 Å². The second kappa shape index (κ2) is 7.19. The van der Waals surface area contributed by atoms with Gasteiger partial charge < -0.3 is 9.47 Å². The molecule has 2 aromatic carbocycles. The maximum Gasteiger partial charge on any atom is 0.320 e. The van der Waals surface area contributed by atoms with E-state index in [4.69, 9.17) is 9.47 Å². The SMILES string of the molecule is COC(=O)[C@@]1([C@@H](C[N+](=O)[O-])c2ccc(OC)cc2)Cc2ccccc2C1=O. The van der Waals surface area contributed by atoms with Gasteiger partial charge in [-0.1, -0.05) is 36.4 Å². The van der Waals surface area contributed by atoms with Crippen molar-refractivity contribution in [2.45, 2.75) is 12.3 Å². The molecular formula is C20H19NO6. The second-order valence-corrected chi connectivity index (χ2v) is 6.47. The van der Waals surface area contributed by atoms with Crippen molar-refractivity contribution in [2.24, 2.45) is 5.41 Å². The predicted molar refractivity (Wildman–Crippen MR) is 96.5 cm³/mol. The Hall–Kier alpha value is -3.22. The van der Waals surface area contributed by atoms with Crippen molar-refractivity contribution in [3.63, 3.8) is 0 Å². The Kier molecular flexibility index (Phi) is 4.94. The molecule has 0 saturated heterocycles. The number of Topliss-reactive ketones (excluding diaryl/α,β-unsaturated/α-hetero) is 1. The summed E-state index contributed by atoms with van der Waals surface area (Å²) >= 11 is 0. The number of benzene rings is 2.